The molecule has 0 unspecified atom stereocenters. The summed E-state index contributed by atoms with van der Waals surface area (Å²) in [7, 11) is 1.97. The quantitative estimate of drug-likeness (QED) is 0.895. The third-order valence-corrected chi connectivity index (χ3v) is 3.71. The van der Waals surface area contributed by atoms with E-state index in [0.29, 0.717) is 10.9 Å². The lowest BCUT2D eigenvalue weighted by Crippen LogP contribution is -2.42. The molecule has 0 atom stereocenters. The fourth-order valence-electron chi connectivity index (χ4n) is 2.40. The Labute approximate surface area is 119 Å². The molecule has 19 heavy (non-hydrogen) atoms. The first-order valence-electron chi connectivity index (χ1n) is 6.65. The van der Waals surface area contributed by atoms with Gasteiger partial charge in [0, 0.05) is 23.8 Å². The number of carbonyl (C=O) groups is 1. The lowest BCUT2D eigenvalue weighted by molar-refractivity contribution is 0.182. The molecule has 1 fully saturated rings. The number of piperidine rings is 1. The van der Waals surface area contributed by atoms with Crippen LogP contribution in [0.15, 0.2) is 24.3 Å². The molecule has 1 aromatic rings. The van der Waals surface area contributed by atoms with Gasteiger partial charge in [0.15, 0.2) is 0 Å². The average Bonchev–Trinajstić information content (AvgIpc) is 2.40. The number of halogens is 1. The van der Waals surface area contributed by atoms with Gasteiger partial charge in [-0.3, -0.25) is 0 Å². The van der Waals surface area contributed by atoms with E-state index in [9.17, 15) is 4.79 Å². The summed E-state index contributed by atoms with van der Waals surface area (Å²) < 4.78 is 0. The van der Waals surface area contributed by atoms with Crippen LogP contribution >= 0.6 is 11.6 Å². The number of nitrogens with zero attached hydrogens (tertiary/aromatic N) is 1. The first kappa shape index (κ1) is 14.2. The molecule has 1 heterocycles. The number of urea groups is 1. The number of nitrogens with one attached hydrogen (secondary N) is 2. The van der Waals surface area contributed by atoms with Gasteiger partial charge in [-0.15, -0.1) is 0 Å². The molecule has 0 bridgehead atoms. The number of benzene rings is 1. The molecule has 0 aliphatic carbocycles. The van der Waals surface area contributed by atoms with Gasteiger partial charge in [-0.1, -0.05) is 17.7 Å². The SMILES string of the molecule is CNCC1CCN(C(=O)Nc2cccc(Cl)c2)CC1. The Hall–Kier alpha value is -1.26. The van der Waals surface area contributed by atoms with Gasteiger partial charge >= 0.3 is 6.03 Å². The third-order valence-electron chi connectivity index (χ3n) is 3.47. The van der Waals surface area contributed by atoms with Crippen LogP contribution in [0, 0.1) is 5.92 Å². The van der Waals surface area contributed by atoms with Crippen LogP contribution in [0.4, 0.5) is 10.5 Å². The molecular formula is C14H20ClN3O. The zero-order valence-corrected chi connectivity index (χ0v) is 11.9. The lowest BCUT2D eigenvalue weighted by Gasteiger charge is -2.31. The molecule has 2 N–H and O–H groups in total. The van der Waals surface area contributed by atoms with Crippen LogP contribution < -0.4 is 10.6 Å². The van der Waals surface area contributed by atoms with E-state index >= 15 is 0 Å². The van der Waals surface area contributed by atoms with Crippen LogP contribution in [-0.2, 0) is 0 Å². The van der Waals surface area contributed by atoms with Gasteiger partial charge in [0.05, 0.1) is 0 Å². The zero-order chi connectivity index (χ0) is 13.7. The molecule has 2 amide bonds. The molecule has 1 aliphatic heterocycles. The predicted octanol–water partition coefficient (Wildman–Crippen LogP) is 2.80. The van der Waals surface area contributed by atoms with Crippen molar-refractivity contribution in [2.45, 2.75) is 12.8 Å². The third kappa shape index (κ3) is 4.11. The summed E-state index contributed by atoms with van der Waals surface area (Å²) in [6.45, 7) is 2.67. The highest BCUT2D eigenvalue weighted by atomic mass is 35.5. The minimum Gasteiger partial charge on any atom is -0.325 e. The van der Waals surface area contributed by atoms with E-state index in [4.69, 9.17) is 11.6 Å². The summed E-state index contributed by atoms with van der Waals surface area (Å²) >= 11 is 5.90. The monoisotopic (exact) mass is 281 g/mol. The fourth-order valence-corrected chi connectivity index (χ4v) is 2.59. The van der Waals surface area contributed by atoms with Gasteiger partial charge < -0.3 is 15.5 Å². The normalized spacial score (nSPS) is 16.4. The minimum atomic E-state index is -0.0369. The number of carbonyl (C=O) groups excluding carboxylic acids is 1. The van der Waals surface area contributed by atoms with Crippen molar-refractivity contribution in [1.29, 1.82) is 0 Å². The molecule has 5 heteroatoms. The van der Waals surface area contributed by atoms with Crippen LogP contribution in [0.2, 0.25) is 5.02 Å². The minimum absolute atomic E-state index is 0.0369. The molecule has 1 aromatic carbocycles. The second-order valence-electron chi connectivity index (χ2n) is 4.93. The standard InChI is InChI=1S/C14H20ClN3O/c1-16-10-11-5-7-18(8-6-11)14(19)17-13-4-2-3-12(15)9-13/h2-4,9,11,16H,5-8,10H2,1H3,(H,17,19). The Balaban J connectivity index is 1.84. The van der Waals surface area contributed by atoms with Gasteiger partial charge in [0.2, 0.25) is 0 Å². The molecular weight excluding hydrogens is 262 g/mol. The van der Waals surface area contributed by atoms with Crippen molar-refractivity contribution in [2.24, 2.45) is 5.92 Å². The van der Waals surface area contributed by atoms with E-state index in [1.165, 1.54) is 0 Å². The van der Waals surface area contributed by atoms with E-state index < -0.39 is 0 Å². The van der Waals surface area contributed by atoms with E-state index in [0.717, 1.165) is 38.2 Å². The highest BCUT2D eigenvalue weighted by Gasteiger charge is 2.22. The summed E-state index contributed by atoms with van der Waals surface area (Å²) in [5, 5.41) is 6.71. The number of rotatable bonds is 3. The molecule has 104 valence electrons. The van der Waals surface area contributed by atoms with Crippen molar-refractivity contribution in [3.8, 4) is 0 Å². The molecule has 0 spiro atoms. The van der Waals surface area contributed by atoms with Gasteiger partial charge in [0.25, 0.3) is 0 Å². The highest BCUT2D eigenvalue weighted by molar-refractivity contribution is 6.30. The molecule has 0 saturated carbocycles. The van der Waals surface area contributed by atoms with Crippen molar-refractivity contribution in [2.75, 3.05) is 32.0 Å². The molecule has 0 aromatic heterocycles. The summed E-state index contributed by atoms with van der Waals surface area (Å²) in [6.07, 6.45) is 2.12. The Morgan fingerprint density at radius 1 is 1.42 bits per heavy atom. The molecule has 1 aliphatic rings. The van der Waals surface area contributed by atoms with Crippen LogP contribution in [0.5, 0.6) is 0 Å². The lowest BCUT2D eigenvalue weighted by atomic mass is 9.97. The largest absolute Gasteiger partial charge is 0.325 e. The summed E-state index contributed by atoms with van der Waals surface area (Å²) in [5.41, 5.74) is 0.745. The average molecular weight is 282 g/mol. The number of hydrogen-bond acceptors (Lipinski definition) is 2. The van der Waals surface area contributed by atoms with Crippen LogP contribution in [0.1, 0.15) is 12.8 Å². The zero-order valence-electron chi connectivity index (χ0n) is 11.2. The van der Waals surface area contributed by atoms with Crippen molar-refractivity contribution in [3.63, 3.8) is 0 Å². The van der Waals surface area contributed by atoms with Gasteiger partial charge in [-0.25, -0.2) is 4.79 Å². The van der Waals surface area contributed by atoms with Crippen molar-refractivity contribution in [1.82, 2.24) is 10.2 Å². The Kier molecular flexibility index (Phi) is 5.05. The summed E-state index contributed by atoms with van der Waals surface area (Å²) in [4.78, 5) is 14.0. The Morgan fingerprint density at radius 2 is 2.16 bits per heavy atom. The predicted molar refractivity (Wildman–Crippen MR) is 78.7 cm³/mol. The maximum absolute atomic E-state index is 12.1. The maximum Gasteiger partial charge on any atom is 0.321 e. The summed E-state index contributed by atoms with van der Waals surface area (Å²) in [6, 6.07) is 7.19. The molecule has 4 nitrogen and oxygen atoms in total. The van der Waals surface area contributed by atoms with Crippen LogP contribution in [0.25, 0.3) is 0 Å². The van der Waals surface area contributed by atoms with Crippen LogP contribution in [-0.4, -0.2) is 37.6 Å². The first-order valence-corrected chi connectivity index (χ1v) is 7.03. The van der Waals surface area contributed by atoms with Crippen molar-refractivity contribution < 1.29 is 4.79 Å². The Morgan fingerprint density at radius 3 is 2.79 bits per heavy atom. The van der Waals surface area contributed by atoms with Gasteiger partial charge in [0.1, 0.15) is 0 Å². The number of likely N-dealkylation sites (tertiary alicyclic amines) is 1. The smallest absolute Gasteiger partial charge is 0.321 e. The Bertz CT molecular complexity index is 430. The molecule has 1 saturated heterocycles. The second-order valence-corrected chi connectivity index (χ2v) is 5.37. The summed E-state index contributed by atoms with van der Waals surface area (Å²) in [5.74, 6) is 0.681. The second kappa shape index (κ2) is 6.78. The van der Waals surface area contributed by atoms with Crippen LogP contribution in [0.3, 0.4) is 0 Å². The number of anilines is 1. The van der Waals surface area contributed by atoms with Crippen molar-refractivity contribution in [3.05, 3.63) is 29.3 Å². The first-order chi connectivity index (χ1) is 9.19. The van der Waals surface area contributed by atoms with Gasteiger partial charge in [-0.2, -0.15) is 0 Å². The molecule has 2 rings (SSSR count). The molecule has 0 radical (unpaired) electrons. The van der Waals surface area contributed by atoms with E-state index in [1.54, 1.807) is 12.1 Å². The fraction of sp³-hybridized carbons (Fsp3) is 0.500. The highest BCUT2D eigenvalue weighted by Crippen LogP contribution is 2.19. The van der Waals surface area contributed by atoms with E-state index in [1.807, 2.05) is 24.1 Å². The van der Waals surface area contributed by atoms with Crippen molar-refractivity contribution >= 4 is 23.3 Å². The number of amides is 2. The topological polar surface area (TPSA) is 44.4 Å². The van der Waals surface area contributed by atoms with E-state index in [2.05, 4.69) is 10.6 Å². The number of hydrogen-bond donors (Lipinski definition) is 2. The maximum atomic E-state index is 12.1. The van der Waals surface area contributed by atoms with Gasteiger partial charge in [-0.05, 0) is 50.6 Å². The van der Waals surface area contributed by atoms with E-state index in [-0.39, 0.29) is 6.03 Å².